The summed E-state index contributed by atoms with van der Waals surface area (Å²) in [6.07, 6.45) is 4.16. The summed E-state index contributed by atoms with van der Waals surface area (Å²) < 4.78 is 0. The molecule has 1 N–H and O–H groups in total. The number of rotatable bonds is 5. The van der Waals surface area contributed by atoms with Crippen molar-refractivity contribution in [2.45, 2.75) is 33.2 Å². The lowest BCUT2D eigenvalue weighted by Gasteiger charge is -2.20. The van der Waals surface area contributed by atoms with E-state index in [9.17, 15) is 9.59 Å². The highest BCUT2D eigenvalue weighted by Crippen LogP contribution is 2.00. The number of amides is 2. The number of hydrogen-bond acceptors (Lipinski definition) is 3. The van der Waals surface area contributed by atoms with E-state index in [1.165, 1.54) is 0 Å². The highest BCUT2D eigenvalue weighted by Gasteiger charge is 2.20. The van der Waals surface area contributed by atoms with Gasteiger partial charge in [0.1, 0.15) is 0 Å². The van der Waals surface area contributed by atoms with Crippen molar-refractivity contribution in [2.24, 2.45) is 0 Å². The molecule has 104 valence electrons. The van der Waals surface area contributed by atoms with Crippen molar-refractivity contribution in [3.05, 3.63) is 30.1 Å². The van der Waals surface area contributed by atoms with Crippen molar-refractivity contribution in [1.82, 2.24) is 15.2 Å². The number of likely N-dealkylation sites (N-methyl/N-ethyl adjacent to an activating group) is 1. The summed E-state index contributed by atoms with van der Waals surface area (Å²) in [6.45, 7) is 6.59. The molecule has 1 aromatic rings. The average molecular weight is 263 g/mol. The van der Waals surface area contributed by atoms with Gasteiger partial charge in [0, 0.05) is 31.5 Å². The molecule has 0 aliphatic carbocycles. The second-order valence-corrected chi connectivity index (χ2v) is 4.62. The molecule has 0 unspecified atom stereocenters. The standard InChI is InChI=1S/C14H21N3O2/c1-4-17(14(19)13(18)16-11(2)3)10-7-12-5-8-15-9-6-12/h5-6,8-9,11H,4,7,10H2,1-3H3,(H,16,18). The molecular weight excluding hydrogens is 242 g/mol. The summed E-state index contributed by atoms with van der Waals surface area (Å²) >= 11 is 0. The number of carbonyl (C=O) groups excluding carboxylic acids is 2. The number of pyridine rings is 1. The molecule has 0 radical (unpaired) electrons. The minimum Gasteiger partial charge on any atom is -0.346 e. The molecule has 1 aromatic heterocycles. The number of nitrogens with zero attached hydrogens (tertiary/aromatic N) is 2. The minimum atomic E-state index is -0.536. The first kappa shape index (κ1) is 15.1. The Bertz CT molecular complexity index is 418. The highest BCUT2D eigenvalue weighted by molar-refractivity contribution is 6.35. The van der Waals surface area contributed by atoms with Gasteiger partial charge in [-0.15, -0.1) is 0 Å². The molecule has 0 bridgehead atoms. The van der Waals surface area contributed by atoms with Gasteiger partial charge in [0.2, 0.25) is 0 Å². The number of hydrogen-bond donors (Lipinski definition) is 1. The van der Waals surface area contributed by atoms with Gasteiger partial charge in [0.15, 0.2) is 0 Å². The molecule has 0 saturated heterocycles. The van der Waals surface area contributed by atoms with Gasteiger partial charge in [-0.3, -0.25) is 14.6 Å². The predicted octanol–water partition coefficient (Wildman–Crippen LogP) is 0.997. The third kappa shape index (κ3) is 5.07. The molecule has 0 aliphatic rings. The maximum atomic E-state index is 11.9. The summed E-state index contributed by atoms with van der Waals surface area (Å²) in [4.78, 5) is 29.1. The first-order valence-electron chi connectivity index (χ1n) is 6.53. The lowest BCUT2D eigenvalue weighted by atomic mass is 10.2. The molecule has 1 rings (SSSR count). The molecule has 5 heteroatoms. The van der Waals surface area contributed by atoms with Crippen LogP contribution in [0.2, 0.25) is 0 Å². The van der Waals surface area contributed by atoms with Gasteiger partial charge in [-0.1, -0.05) is 0 Å². The third-order valence-corrected chi connectivity index (χ3v) is 2.70. The Morgan fingerprint density at radius 3 is 2.47 bits per heavy atom. The van der Waals surface area contributed by atoms with Gasteiger partial charge in [0.25, 0.3) is 0 Å². The van der Waals surface area contributed by atoms with Crippen molar-refractivity contribution in [1.29, 1.82) is 0 Å². The van der Waals surface area contributed by atoms with E-state index in [2.05, 4.69) is 10.3 Å². The summed E-state index contributed by atoms with van der Waals surface area (Å²) in [5.41, 5.74) is 1.10. The lowest BCUT2D eigenvalue weighted by molar-refractivity contribution is -0.146. The fraction of sp³-hybridized carbons (Fsp3) is 0.500. The summed E-state index contributed by atoms with van der Waals surface area (Å²) in [5, 5.41) is 2.62. The summed E-state index contributed by atoms with van der Waals surface area (Å²) in [6, 6.07) is 3.79. The molecule has 0 fully saturated rings. The van der Waals surface area contributed by atoms with Gasteiger partial charge in [-0.25, -0.2) is 0 Å². The number of carbonyl (C=O) groups is 2. The van der Waals surface area contributed by atoms with Crippen LogP contribution in [0.4, 0.5) is 0 Å². The zero-order valence-electron chi connectivity index (χ0n) is 11.7. The van der Waals surface area contributed by atoms with Crippen LogP contribution in [0, 0.1) is 0 Å². The number of aromatic nitrogens is 1. The lowest BCUT2D eigenvalue weighted by Crippen LogP contribution is -2.45. The van der Waals surface area contributed by atoms with Crippen LogP contribution in [0.1, 0.15) is 26.3 Å². The van der Waals surface area contributed by atoms with Crippen molar-refractivity contribution < 1.29 is 9.59 Å². The number of nitrogens with one attached hydrogen (secondary N) is 1. The van der Waals surface area contributed by atoms with Crippen molar-refractivity contribution in [3.63, 3.8) is 0 Å². The van der Waals surface area contributed by atoms with Crippen LogP contribution in [-0.2, 0) is 16.0 Å². The summed E-state index contributed by atoms with van der Waals surface area (Å²) in [7, 11) is 0. The van der Waals surface area contributed by atoms with E-state index in [0.717, 1.165) is 12.0 Å². The van der Waals surface area contributed by atoms with Crippen LogP contribution in [0.25, 0.3) is 0 Å². The van der Waals surface area contributed by atoms with Gasteiger partial charge in [-0.2, -0.15) is 0 Å². The van der Waals surface area contributed by atoms with Crippen LogP contribution >= 0.6 is 0 Å². The smallest absolute Gasteiger partial charge is 0.311 e. The fourth-order valence-electron chi connectivity index (χ4n) is 1.68. The molecule has 5 nitrogen and oxygen atoms in total. The minimum absolute atomic E-state index is 0.0321. The Morgan fingerprint density at radius 1 is 1.32 bits per heavy atom. The van der Waals surface area contributed by atoms with Gasteiger partial charge in [-0.05, 0) is 44.9 Å². The first-order chi connectivity index (χ1) is 9.04. The molecule has 0 aromatic carbocycles. The quantitative estimate of drug-likeness (QED) is 0.806. The van der Waals surface area contributed by atoms with E-state index >= 15 is 0 Å². The zero-order chi connectivity index (χ0) is 14.3. The molecule has 1 heterocycles. The van der Waals surface area contributed by atoms with E-state index in [4.69, 9.17) is 0 Å². The van der Waals surface area contributed by atoms with E-state index in [1.807, 2.05) is 32.9 Å². The molecule has 0 aliphatic heterocycles. The maximum absolute atomic E-state index is 11.9. The van der Waals surface area contributed by atoms with Gasteiger partial charge >= 0.3 is 11.8 Å². The Balaban J connectivity index is 2.53. The van der Waals surface area contributed by atoms with Crippen LogP contribution in [0.3, 0.4) is 0 Å². The molecule has 0 saturated carbocycles. The van der Waals surface area contributed by atoms with Crippen LogP contribution in [-0.4, -0.2) is 40.8 Å². The zero-order valence-corrected chi connectivity index (χ0v) is 11.7. The van der Waals surface area contributed by atoms with Crippen LogP contribution in [0.5, 0.6) is 0 Å². The molecule has 0 spiro atoms. The van der Waals surface area contributed by atoms with E-state index in [1.54, 1.807) is 17.3 Å². The van der Waals surface area contributed by atoms with E-state index in [0.29, 0.717) is 13.1 Å². The first-order valence-corrected chi connectivity index (χ1v) is 6.53. The van der Waals surface area contributed by atoms with Crippen molar-refractivity contribution >= 4 is 11.8 Å². The monoisotopic (exact) mass is 263 g/mol. The van der Waals surface area contributed by atoms with Gasteiger partial charge in [0.05, 0.1) is 0 Å². The fourth-order valence-corrected chi connectivity index (χ4v) is 1.68. The Morgan fingerprint density at radius 2 is 1.95 bits per heavy atom. The molecular formula is C14H21N3O2. The SMILES string of the molecule is CCN(CCc1ccncc1)C(=O)C(=O)NC(C)C. The second kappa shape index (κ2) is 7.51. The largest absolute Gasteiger partial charge is 0.346 e. The molecule has 2 amide bonds. The molecule has 0 atom stereocenters. The highest BCUT2D eigenvalue weighted by atomic mass is 16.2. The Kier molecular flexibility index (Phi) is 5.99. The van der Waals surface area contributed by atoms with Crippen molar-refractivity contribution in [2.75, 3.05) is 13.1 Å². The normalized spacial score (nSPS) is 10.3. The molecule has 19 heavy (non-hydrogen) atoms. The Hall–Kier alpha value is -1.91. The van der Waals surface area contributed by atoms with Gasteiger partial charge < -0.3 is 10.2 Å². The maximum Gasteiger partial charge on any atom is 0.311 e. The van der Waals surface area contributed by atoms with E-state index < -0.39 is 11.8 Å². The summed E-state index contributed by atoms with van der Waals surface area (Å²) in [5.74, 6) is -1.00. The van der Waals surface area contributed by atoms with Crippen LogP contribution < -0.4 is 5.32 Å². The Labute approximate surface area is 114 Å². The second-order valence-electron chi connectivity index (χ2n) is 4.62. The average Bonchev–Trinajstić information content (AvgIpc) is 2.39. The third-order valence-electron chi connectivity index (χ3n) is 2.70. The van der Waals surface area contributed by atoms with Crippen LogP contribution in [0.15, 0.2) is 24.5 Å². The van der Waals surface area contributed by atoms with E-state index in [-0.39, 0.29) is 6.04 Å². The topological polar surface area (TPSA) is 62.3 Å². The van der Waals surface area contributed by atoms with Crippen molar-refractivity contribution in [3.8, 4) is 0 Å². The predicted molar refractivity (Wildman–Crippen MR) is 73.5 cm³/mol.